The summed E-state index contributed by atoms with van der Waals surface area (Å²) in [6.07, 6.45) is 20.8. The molecule has 0 aliphatic rings. The van der Waals surface area contributed by atoms with Crippen LogP contribution in [-0.4, -0.2) is 44.6 Å². The van der Waals surface area contributed by atoms with Crippen molar-refractivity contribution >= 4 is 85.3 Å². The van der Waals surface area contributed by atoms with Gasteiger partial charge in [0.2, 0.25) is 0 Å². The molecule has 11 heteroatoms. The zero-order valence-electron chi connectivity index (χ0n) is 31.0. The van der Waals surface area contributed by atoms with Gasteiger partial charge < -0.3 is 36.8 Å². The van der Waals surface area contributed by atoms with Crippen molar-refractivity contribution in [3.8, 4) is 0 Å². The molecule has 4 unspecified atom stereocenters. The van der Waals surface area contributed by atoms with Crippen LogP contribution in [0.1, 0.15) is 158 Å². The van der Waals surface area contributed by atoms with Crippen LogP contribution >= 0.6 is 49.7 Å². The zero-order chi connectivity index (χ0) is 30.8. The van der Waals surface area contributed by atoms with Crippen molar-refractivity contribution in [2.45, 2.75) is 158 Å². The molecule has 0 aliphatic carbocycles. The number of thiocarbonyl (C=S) groups is 2. The van der Waals surface area contributed by atoms with Crippen molar-refractivity contribution in [1.82, 2.24) is 9.80 Å². The van der Waals surface area contributed by atoms with Crippen LogP contribution in [-0.2, 0) is 85.4 Å². The van der Waals surface area contributed by atoms with Gasteiger partial charge >= 0.3 is 58.4 Å². The third kappa shape index (κ3) is 36.6. The zero-order valence-corrected chi connectivity index (χ0v) is 45.0. The van der Waals surface area contributed by atoms with E-state index < -0.39 is 0 Å². The Hall–Kier alpha value is 3.05. The minimum atomic E-state index is 0. The molecule has 0 heterocycles. The predicted molar refractivity (Wildman–Crippen MR) is 214 cm³/mol. The Balaban J connectivity index is -0.000000116. The fourth-order valence-electron chi connectivity index (χ4n) is 5.38. The quantitative estimate of drug-likeness (QED) is 0.0566. The molecule has 2 nitrogen and oxygen atoms in total. The maximum atomic E-state index is 5.36. The van der Waals surface area contributed by atoms with Gasteiger partial charge in [-0.15, -0.1) is 25.3 Å². The molecule has 0 amide bonds. The van der Waals surface area contributed by atoms with Crippen LogP contribution in [0, 0.1) is 23.7 Å². The van der Waals surface area contributed by atoms with Gasteiger partial charge in [0.05, 0.1) is 0 Å². The summed E-state index contributed by atoms with van der Waals surface area (Å²) in [4.78, 5) is 4.71. The second-order valence-electron chi connectivity index (χ2n) is 12.0. The summed E-state index contributed by atoms with van der Waals surface area (Å²) >= 11 is 19.6. The van der Waals surface area contributed by atoms with Crippen molar-refractivity contribution in [2.75, 3.05) is 26.2 Å². The first-order valence-electron chi connectivity index (χ1n) is 17.1. The van der Waals surface area contributed by atoms with Gasteiger partial charge in [-0.2, -0.15) is 0 Å². The van der Waals surface area contributed by atoms with E-state index in [2.05, 4.69) is 90.4 Å². The average molecular weight is 896 g/mol. The third-order valence-electron chi connectivity index (χ3n) is 8.63. The number of hydrogen-bond donors (Lipinski definition) is 2. The monoisotopic (exact) mass is 890 g/mol. The van der Waals surface area contributed by atoms with E-state index in [1.165, 1.54) is 103 Å². The van der Waals surface area contributed by atoms with Crippen LogP contribution in [0.25, 0.3) is 0 Å². The summed E-state index contributed by atoms with van der Waals surface area (Å²) in [5.74, 6) is 3.07. The van der Waals surface area contributed by atoms with Gasteiger partial charge in [-0.1, -0.05) is 157 Å². The van der Waals surface area contributed by atoms with Crippen LogP contribution in [0.5, 0.6) is 0 Å². The standard InChI is InChI=1S/2C17H35NS2.2S.3Zn/c2*1-5-9-11-15(7-3)13-18(17(19)20)14-16(8-4)12-10-6-2;;;;;/h2*15-16H,5-14H2,1-4H3,(H,19,20);;;;;/q;;2*-2;3*+2. The fraction of sp³-hybridized carbons (Fsp3) is 0.941. The SMILES string of the molecule is CCCCC(CC)CN(CC(CC)CCCC)C(=S)S.CCCCC(CC)CN(CC(CC)CCCC)C(=S)S.[S-2].[S-2].[Zn+2].[Zn+2].[Zn+2]. The van der Waals surface area contributed by atoms with E-state index in [1.807, 2.05) is 0 Å². The molecule has 0 aliphatic heterocycles. The number of unbranched alkanes of at least 4 members (excludes halogenated alkanes) is 4. The molecule has 4 atom stereocenters. The molecule has 0 radical (unpaired) electrons. The summed E-state index contributed by atoms with van der Waals surface area (Å²) in [5.41, 5.74) is 0. The van der Waals surface area contributed by atoms with Crippen LogP contribution in [0.15, 0.2) is 0 Å². The van der Waals surface area contributed by atoms with Gasteiger partial charge in [-0.3, -0.25) is 0 Å². The smallest absolute Gasteiger partial charge is 2.00 e. The van der Waals surface area contributed by atoms with Crippen molar-refractivity contribution in [3.05, 3.63) is 0 Å². The first-order valence-corrected chi connectivity index (χ1v) is 18.8. The van der Waals surface area contributed by atoms with Crippen LogP contribution in [0.2, 0.25) is 0 Å². The van der Waals surface area contributed by atoms with Gasteiger partial charge in [0.25, 0.3) is 0 Å². The molecule has 0 N–H and O–H groups in total. The summed E-state index contributed by atoms with van der Waals surface area (Å²) < 4.78 is 1.57. The molecule has 0 bridgehead atoms. The first-order chi connectivity index (χ1) is 19.2. The van der Waals surface area contributed by atoms with E-state index in [4.69, 9.17) is 24.4 Å². The summed E-state index contributed by atoms with van der Waals surface area (Å²) in [7, 11) is 0. The number of thiol groups is 2. The van der Waals surface area contributed by atoms with Gasteiger partial charge in [0.1, 0.15) is 8.64 Å². The molecule has 45 heavy (non-hydrogen) atoms. The first kappa shape index (κ1) is 63.1. The summed E-state index contributed by atoms with van der Waals surface area (Å²) in [5, 5.41) is 0. The normalized spacial score (nSPS) is 12.5. The minimum Gasteiger partial charge on any atom is -2.00 e. The molecule has 256 valence electrons. The van der Waals surface area contributed by atoms with E-state index in [9.17, 15) is 0 Å². The van der Waals surface area contributed by atoms with Gasteiger partial charge in [-0.05, 0) is 49.4 Å². The minimum absolute atomic E-state index is 0. The molecule has 0 rings (SSSR count). The van der Waals surface area contributed by atoms with Gasteiger partial charge in [-0.25, -0.2) is 0 Å². The Kier molecular flexibility index (Phi) is 63.2. The summed E-state index contributed by atoms with van der Waals surface area (Å²) in [6.45, 7) is 22.7. The van der Waals surface area contributed by atoms with Gasteiger partial charge in [0.15, 0.2) is 0 Å². The van der Waals surface area contributed by atoms with Crippen molar-refractivity contribution < 1.29 is 58.4 Å². The van der Waals surface area contributed by atoms with Gasteiger partial charge in [0, 0.05) is 26.2 Å². The van der Waals surface area contributed by atoms with E-state index in [0.29, 0.717) is 0 Å². The average Bonchev–Trinajstić information content (AvgIpc) is 2.95. The largest absolute Gasteiger partial charge is 2.00 e. The predicted octanol–water partition coefficient (Wildman–Crippen LogP) is 11.9. The molecule has 0 saturated heterocycles. The molecule has 0 spiro atoms. The van der Waals surface area contributed by atoms with E-state index >= 15 is 0 Å². The summed E-state index contributed by atoms with van der Waals surface area (Å²) in [6, 6.07) is 0. The molecular weight excluding hydrogens is 825 g/mol. The topological polar surface area (TPSA) is 6.48 Å². The van der Waals surface area contributed by atoms with Crippen LogP contribution < -0.4 is 0 Å². The van der Waals surface area contributed by atoms with E-state index in [-0.39, 0.29) is 85.4 Å². The number of nitrogens with zero attached hydrogens (tertiary/aromatic N) is 2. The fourth-order valence-corrected chi connectivity index (χ4v) is 6.00. The molecule has 0 fully saturated rings. The maximum absolute atomic E-state index is 5.36. The molecular formula is C34H70N2S6Zn3+2. The Labute approximate surface area is 357 Å². The Bertz CT molecular complexity index is 522. The Morgan fingerprint density at radius 1 is 0.444 bits per heavy atom. The molecule has 0 aromatic rings. The molecule has 0 aromatic carbocycles. The van der Waals surface area contributed by atoms with E-state index in [0.717, 1.165) is 58.5 Å². The second-order valence-corrected chi connectivity index (χ2v) is 14.3. The van der Waals surface area contributed by atoms with Crippen molar-refractivity contribution in [2.24, 2.45) is 23.7 Å². The van der Waals surface area contributed by atoms with Crippen molar-refractivity contribution in [3.63, 3.8) is 0 Å². The maximum Gasteiger partial charge on any atom is 2.00 e. The second kappa shape index (κ2) is 45.1. The van der Waals surface area contributed by atoms with Crippen molar-refractivity contribution in [1.29, 1.82) is 0 Å². The Morgan fingerprint density at radius 3 is 0.733 bits per heavy atom. The molecule has 0 saturated carbocycles. The van der Waals surface area contributed by atoms with E-state index in [1.54, 1.807) is 0 Å². The van der Waals surface area contributed by atoms with Crippen LogP contribution in [0.3, 0.4) is 0 Å². The third-order valence-corrected chi connectivity index (χ3v) is 9.71. The Morgan fingerprint density at radius 2 is 0.622 bits per heavy atom. The van der Waals surface area contributed by atoms with Crippen LogP contribution in [0.4, 0.5) is 0 Å². The number of hydrogen-bond acceptors (Lipinski definition) is 2. The molecule has 0 aromatic heterocycles. The number of rotatable bonds is 24.